The standard InChI is InChI=1S/C16H28N2O/c1-16(2,9-10-19-3)13-18-12-15(17)11-14-7-5-4-6-8-14/h4-8,15,18H,9-13,17H2,1-3H3. The van der Waals surface area contributed by atoms with Crippen LogP contribution in [0.25, 0.3) is 0 Å². The van der Waals surface area contributed by atoms with Gasteiger partial charge in [0.2, 0.25) is 0 Å². The monoisotopic (exact) mass is 264 g/mol. The second-order valence-corrected chi connectivity index (χ2v) is 5.99. The van der Waals surface area contributed by atoms with Crippen molar-refractivity contribution in [2.24, 2.45) is 11.1 Å². The molecule has 0 saturated heterocycles. The van der Waals surface area contributed by atoms with Gasteiger partial charge in [-0.15, -0.1) is 0 Å². The Labute approximate surface area is 117 Å². The highest BCUT2D eigenvalue weighted by Crippen LogP contribution is 2.18. The summed E-state index contributed by atoms with van der Waals surface area (Å²) >= 11 is 0. The summed E-state index contributed by atoms with van der Waals surface area (Å²) in [5.41, 5.74) is 7.70. The lowest BCUT2D eigenvalue weighted by molar-refractivity contribution is 0.150. The van der Waals surface area contributed by atoms with Gasteiger partial charge in [-0.3, -0.25) is 0 Å². The maximum Gasteiger partial charge on any atom is 0.0467 e. The molecule has 3 N–H and O–H groups in total. The van der Waals surface area contributed by atoms with E-state index < -0.39 is 0 Å². The number of benzene rings is 1. The smallest absolute Gasteiger partial charge is 0.0467 e. The highest BCUT2D eigenvalue weighted by Gasteiger charge is 2.17. The van der Waals surface area contributed by atoms with E-state index in [0.29, 0.717) is 0 Å². The molecule has 0 aliphatic carbocycles. The number of ether oxygens (including phenoxy) is 1. The quantitative estimate of drug-likeness (QED) is 0.719. The molecule has 0 bridgehead atoms. The Balaban J connectivity index is 2.21. The van der Waals surface area contributed by atoms with E-state index in [0.717, 1.165) is 32.5 Å². The summed E-state index contributed by atoms with van der Waals surface area (Å²) in [5.74, 6) is 0. The normalized spacial score (nSPS) is 13.5. The minimum Gasteiger partial charge on any atom is -0.385 e. The highest BCUT2D eigenvalue weighted by atomic mass is 16.5. The van der Waals surface area contributed by atoms with Crippen molar-refractivity contribution in [2.75, 3.05) is 26.8 Å². The van der Waals surface area contributed by atoms with Crippen molar-refractivity contribution >= 4 is 0 Å². The van der Waals surface area contributed by atoms with Crippen molar-refractivity contribution in [1.82, 2.24) is 5.32 Å². The van der Waals surface area contributed by atoms with E-state index in [4.69, 9.17) is 10.5 Å². The molecule has 0 heterocycles. The van der Waals surface area contributed by atoms with Crippen LogP contribution in [0.3, 0.4) is 0 Å². The van der Waals surface area contributed by atoms with Gasteiger partial charge in [0.05, 0.1) is 0 Å². The molecule has 0 radical (unpaired) electrons. The van der Waals surface area contributed by atoms with Crippen molar-refractivity contribution < 1.29 is 4.74 Å². The summed E-state index contributed by atoms with van der Waals surface area (Å²) in [6.07, 6.45) is 1.98. The molecule has 3 heteroatoms. The van der Waals surface area contributed by atoms with Crippen LogP contribution in [-0.2, 0) is 11.2 Å². The highest BCUT2D eigenvalue weighted by molar-refractivity contribution is 5.15. The summed E-state index contributed by atoms with van der Waals surface area (Å²) in [5, 5.41) is 3.47. The van der Waals surface area contributed by atoms with E-state index in [1.54, 1.807) is 7.11 Å². The summed E-state index contributed by atoms with van der Waals surface area (Å²) in [4.78, 5) is 0. The van der Waals surface area contributed by atoms with Crippen molar-refractivity contribution in [3.8, 4) is 0 Å². The van der Waals surface area contributed by atoms with Crippen LogP contribution in [-0.4, -0.2) is 32.8 Å². The summed E-state index contributed by atoms with van der Waals surface area (Å²) in [6, 6.07) is 10.6. The lowest BCUT2D eigenvalue weighted by Crippen LogP contribution is -2.40. The van der Waals surface area contributed by atoms with Gasteiger partial charge in [-0.05, 0) is 23.8 Å². The first-order valence-corrected chi connectivity index (χ1v) is 7.03. The number of nitrogens with two attached hydrogens (primary N) is 1. The number of methoxy groups -OCH3 is 1. The first-order chi connectivity index (χ1) is 9.03. The van der Waals surface area contributed by atoms with Gasteiger partial charge < -0.3 is 15.8 Å². The zero-order valence-corrected chi connectivity index (χ0v) is 12.5. The Hall–Kier alpha value is -0.900. The van der Waals surface area contributed by atoms with Gasteiger partial charge in [0, 0.05) is 32.8 Å². The van der Waals surface area contributed by atoms with Crippen LogP contribution in [0.15, 0.2) is 30.3 Å². The second-order valence-electron chi connectivity index (χ2n) is 5.99. The molecule has 3 nitrogen and oxygen atoms in total. The van der Waals surface area contributed by atoms with E-state index in [-0.39, 0.29) is 11.5 Å². The predicted molar refractivity (Wildman–Crippen MR) is 81.3 cm³/mol. The lowest BCUT2D eigenvalue weighted by atomic mass is 9.89. The van der Waals surface area contributed by atoms with Gasteiger partial charge >= 0.3 is 0 Å². The van der Waals surface area contributed by atoms with E-state index in [1.807, 2.05) is 6.07 Å². The van der Waals surface area contributed by atoms with Crippen LogP contribution in [0.1, 0.15) is 25.8 Å². The van der Waals surface area contributed by atoms with Gasteiger partial charge in [0.1, 0.15) is 0 Å². The van der Waals surface area contributed by atoms with E-state index in [2.05, 4.69) is 43.4 Å². The molecular formula is C16H28N2O. The first kappa shape index (κ1) is 16.2. The van der Waals surface area contributed by atoms with E-state index in [1.165, 1.54) is 5.56 Å². The number of nitrogens with one attached hydrogen (secondary N) is 1. The molecular weight excluding hydrogens is 236 g/mol. The second kappa shape index (κ2) is 8.31. The van der Waals surface area contributed by atoms with Crippen LogP contribution in [0, 0.1) is 5.41 Å². The van der Waals surface area contributed by atoms with Crippen LogP contribution < -0.4 is 11.1 Å². The maximum absolute atomic E-state index is 6.15. The minimum absolute atomic E-state index is 0.167. The van der Waals surface area contributed by atoms with Crippen LogP contribution in [0.2, 0.25) is 0 Å². The van der Waals surface area contributed by atoms with Crippen molar-refractivity contribution in [3.63, 3.8) is 0 Å². The topological polar surface area (TPSA) is 47.3 Å². The predicted octanol–water partition coefficient (Wildman–Crippen LogP) is 2.21. The third kappa shape index (κ3) is 7.31. The Bertz CT molecular complexity index is 338. The fourth-order valence-corrected chi connectivity index (χ4v) is 2.05. The molecule has 19 heavy (non-hydrogen) atoms. The average molecular weight is 264 g/mol. The molecule has 1 aromatic carbocycles. The Morgan fingerprint density at radius 1 is 1.26 bits per heavy atom. The largest absolute Gasteiger partial charge is 0.385 e. The minimum atomic E-state index is 0.167. The molecule has 1 rings (SSSR count). The molecule has 0 aliphatic rings. The molecule has 1 unspecified atom stereocenters. The number of hydrogen-bond acceptors (Lipinski definition) is 3. The zero-order chi connectivity index (χ0) is 14.1. The van der Waals surface area contributed by atoms with Crippen LogP contribution in [0.5, 0.6) is 0 Å². The van der Waals surface area contributed by atoms with Crippen LogP contribution >= 0.6 is 0 Å². The van der Waals surface area contributed by atoms with Gasteiger partial charge in [-0.2, -0.15) is 0 Å². The fourth-order valence-electron chi connectivity index (χ4n) is 2.05. The van der Waals surface area contributed by atoms with Crippen molar-refractivity contribution in [1.29, 1.82) is 0 Å². The average Bonchev–Trinajstić information content (AvgIpc) is 2.37. The molecule has 0 saturated carbocycles. The third-order valence-electron chi connectivity index (χ3n) is 3.33. The zero-order valence-electron chi connectivity index (χ0n) is 12.5. The number of hydrogen-bond donors (Lipinski definition) is 2. The molecule has 0 amide bonds. The van der Waals surface area contributed by atoms with E-state index in [9.17, 15) is 0 Å². The van der Waals surface area contributed by atoms with E-state index >= 15 is 0 Å². The van der Waals surface area contributed by atoms with Gasteiger partial charge in [0.15, 0.2) is 0 Å². The molecule has 0 aliphatic heterocycles. The first-order valence-electron chi connectivity index (χ1n) is 7.03. The molecule has 0 spiro atoms. The van der Waals surface area contributed by atoms with Crippen molar-refractivity contribution in [2.45, 2.75) is 32.7 Å². The Kier molecular flexibility index (Phi) is 7.06. The third-order valence-corrected chi connectivity index (χ3v) is 3.33. The molecule has 0 aromatic heterocycles. The van der Waals surface area contributed by atoms with Gasteiger partial charge in [-0.1, -0.05) is 44.2 Å². The summed E-state index contributed by atoms with van der Waals surface area (Å²) in [7, 11) is 1.75. The van der Waals surface area contributed by atoms with Crippen LogP contribution in [0.4, 0.5) is 0 Å². The number of rotatable bonds is 9. The van der Waals surface area contributed by atoms with Crippen molar-refractivity contribution in [3.05, 3.63) is 35.9 Å². The summed E-state index contributed by atoms with van der Waals surface area (Å²) < 4.78 is 5.13. The molecule has 0 fully saturated rings. The summed E-state index contributed by atoms with van der Waals surface area (Å²) in [6.45, 7) is 7.14. The SMILES string of the molecule is COCCC(C)(C)CNCC(N)Cc1ccccc1. The van der Waals surface area contributed by atoms with Gasteiger partial charge in [-0.25, -0.2) is 0 Å². The molecule has 1 aromatic rings. The molecule has 108 valence electrons. The Morgan fingerprint density at radius 2 is 1.95 bits per heavy atom. The fraction of sp³-hybridized carbons (Fsp3) is 0.625. The maximum atomic E-state index is 6.15. The van der Waals surface area contributed by atoms with Gasteiger partial charge in [0.25, 0.3) is 0 Å². The molecule has 1 atom stereocenters. The Morgan fingerprint density at radius 3 is 2.58 bits per heavy atom. The lowest BCUT2D eigenvalue weighted by Gasteiger charge is -2.25.